The summed E-state index contributed by atoms with van der Waals surface area (Å²) in [6.45, 7) is 6.12. The third kappa shape index (κ3) is 5.16. The van der Waals surface area contributed by atoms with E-state index in [1.807, 2.05) is 31.2 Å². The molecule has 0 saturated carbocycles. The van der Waals surface area contributed by atoms with Crippen molar-refractivity contribution in [2.45, 2.75) is 19.4 Å². The molecule has 1 atom stereocenters. The number of ether oxygens (including phenoxy) is 2. The van der Waals surface area contributed by atoms with Crippen LogP contribution in [-0.4, -0.2) is 57.2 Å². The maximum Gasteiger partial charge on any atom is 0.265 e. The number of anilines is 2. The van der Waals surface area contributed by atoms with E-state index in [4.69, 9.17) is 9.47 Å². The van der Waals surface area contributed by atoms with Crippen LogP contribution in [0.15, 0.2) is 48.5 Å². The predicted octanol–water partition coefficient (Wildman–Crippen LogP) is 3.24. The van der Waals surface area contributed by atoms with Crippen LogP contribution in [0.2, 0.25) is 0 Å². The summed E-state index contributed by atoms with van der Waals surface area (Å²) < 4.78 is 11.0. The summed E-state index contributed by atoms with van der Waals surface area (Å²) in [5.74, 6) is 1.25. The maximum atomic E-state index is 12.6. The Bertz CT molecular complexity index is 754. The number of methoxy groups -OCH3 is 1. The SMILES string of the molecule is CC[C@H](Oc1ccc(OC)cc1)C(=O)Nc1ccc(N2CCN(C)CC2)cc1. The van der Waals surface area contributed by atoms with Gasteiger partial charge in [0.05, 0.1) is 7.11 Å². The molecular formula is C22H29N3O3. The van der Waals surface area contributed by atoms with Crippen molar-refractivity contribution in [2.75, 3.05) is 50.6 Å². The first-order chi connectivity index (χ1) is 13.6. The van der Waals surface area contributed by atoms with Crippen molar-refractivity contribution < 1.29 is 14.3 Å². The Balaban J connectivity index is 1.57. The third-order valence-corrected chi connectivity index (χ3v) is 5.00. The van der Waals surface area contributed by atoms with Gasteiger partial charge in [-0.15, -0.1) is 0 Å². The highest BCUT2D eigenvalue weighted by atomic mass is 16.5. The minimum atomic E-state index is -0.550. The average Bonchev–Trinajstić information content (AvgIpc) is 2.73. The Morgan fingerprint density at radius 1 is 1.00 bits per heavy atom. The van der Waals surface area contributed by atoms with Crippen molar-refractivity contribution in [3.8, 4) is 11.5 Å². The number of carbonyl (C=O) groups is 1. The lowest BCUT2D eigenvalue weighted by molar-refractivity contribution is -0.122. The molecule has 2 aromatic carbocycles. The fraction of sp³-hybridized carbons (Fsp3) is 0.409. The fourth-order valence-electron chi connectivity index (χ4n) is 3.18. The van der Waals surface area contributed by atoms with Gasteiger partial charge >= 0.3 is 0 Å². The van der Waals surface area contributed by atoms with Crippen LogP contribution in [-0.2, 0) is 4.79 Å². The number of carbonyl (C=O) groups excluding carboxylic acids is 1. The molecule has 0 unspecified atom stereocenters. The Labute approximate surface area is 167 Å². The second-order valence-electron chi connectivity index (χ2n) is 7.02. The van der Waals surface area contributed by atoms with Crippen LogP contribution in [0.1, 0.15) is 13.3 Å². The molecule has 3 rings (SSSR count). The van der Waals surface area contributed by atoms with Crippen molar-refractivity contribution in [2.24, 2.45) is 0 Å². The van der Waals surface area contributed by atoms with E-state index in [1.54, 1.807) is 19.2 Å². The molecule has 0 bridgehead atoms. The molecule has 150 valence electrons. The first-order valence-electron chi connectivity index (χ1n) is 9.74. The molecule has 1 amide bonds. The topological polar surface area (TPSA) is 54.0 Å². The summed E-state index contributed by atoms with van der Waals surface area (Å²) >= 11 is 0. The van der Waals surface area contributed by atoms with Gasteiger partial charge in [-0.2, -0.15) is 0 Å². The largest absolute Gasteiger partial charge is 0.497 e. The summed E-state index contributed by atoms with van der Waals surface area (Å²) in [5.41, 5.74) is 1.97. The molecular weight excluding hydrogens is 354 g/mol. The fourth-order valence-corrected chi connectivity index (χ4v) is 3.18. The lowest BCUT2D eigenvalue weighted by atomic mass is 10.2. The quantitative estimate of drug-likeness (QED) is 0.795. The Kier molecular flexibility index (Phi) is 6.76. The number of hydrogen-bond donors (Lipinski definition) is 1. The van der Waals surface area contributed by atoms with Gasteiger partial charge in [-0.1, -0.05) is 6.92 Å². The van der Waals surface area contributed by atoms with Crippen LogP contribution < -0.4 is 19.7 Å². The van der Waals surface area contributed by atoms with Crippen LogP contribution in [0, 0.1) is 0 Å². The lowest BCUT2D eigenvalue weighted by Crippen LogP contribution is -2.44. The molecule has 1 aliphatic heterocycles. The highest BCUT2D eigenvalue weighted by Crippen LogP contribution is 2.21. The highest BCUT2D eigenvalue weighted by Gasteiger charge is 2.19. The first-order valence-corrected chi connectivity index (χ1v) is 9.74. The first kappa shape index (κ1) is 20.0. The number of nitrogens with zero attached hydrogens (tertiary/aromatic N) is 2. The van der Waals surface area contributed by atoms with E-state index in [2.05, 4.69) is 34.3 Å². The van der Waals surface area contributed by atoms with E-state index in [0.717, 1.165) is 37.6 Å². The number of piperazine rings is 1. The van der Waals surface area contributed by atoms with Crippen molar-refractivity contribution >= 4 is 17.3 Å². The van der Waals surface area contributed by atoms with Gasteiger partial charge in [-0.3, -0.25) is 4.79 Å². The van der Waals surface area contributed by atoms with E-state index in [9.17, 15) is 4.79 Å². The number of amides is 1. The molecule has 0 spiro atoms. The van der Waals surface area contributed by atoms with Crippen molar-refractivity contribution in [1.29, 1.82) is 0 Å². The maximum absolute atomic E-state index is 12.6. The molecule has 0 aromatic heterocycles. The summed E-state index contributed by atoms with van der Waals surface area (Å²) in [6, 6.07) is 15.3. The van der Waals surface area contributed by atoms with E-state index in [0.29, 0.717) is 12.2 Å². The second-order valence-corrected chi connectivity index (χ2v) is 7.02. The van der Waals surface area contributed by atoms with E-state index >= 15 is 0 Å². The zero-order valence-corrected chi connectivity index (χ0v) is 16.9. The Hall–Kier alpha value is -2.73. The van der Waals surface area contributed by atoms with E-state index in [-0.39, 0.29) is 5.91 Å². The molecule has 1 fully saturated rings. The van der Waals surface area contributed by atoms with Gasteiger partial charge < -0.3 is 24.6 Å². The second kappa shape index (κ2) is 9.46. The molecule has 1 saturated heterocycles. The van der Waals surface area contributed by atoms with Gasteiger partial charge in [0.25, 0.3) is 5.91 Å². The van der Waals surface area contributed by atoms with Crippen LogP contribution in [0.5, 0.6) is 11.5 Å². The summed E-state index contributed by atoms with van der Waals surface area (Å²) in [5, 5.41) is 2.96. The number of nitrogens with one attached hydrogen (secondary N) is 1. The number of benzene rings is 2. The standard InChI is InChI=1S/C22H29N3O3/c1-4-21(28-20-11-9-19(27-3)10-12-20)22(26)23-17-5-7-18(8-6-17)25-15-13-24(2)14-16-25/h5-12,21H,4,13-16H2,1-3H3,(H,23,26)/t21-/m0/s1. The molecule has 1 heterocycles. The molecule has 0 aliphatic carbocycles. The van der Waals surface area contributed by atoms with Crippen molar-refractivity contribution in [3.05, 3.63) is 48.5 Å². The zero-order chi connectivity index (χ0) is 19.9. The van der Waals surface area contributed by atoms with Crippen molar-refractivity contribution in [1.82, 2.24) is 4.90 Å². The van der Waals surface area contributed by atoms with E-state index in [1.165, 1.54) is 5.69 Å². The van der Waals surface area contributed by atoms with Crippen LogP contribution >= 0.6 is 0 Å². The predicted molar refractivity (Wildman–Crippen MR) is 112 cm³/mol. The van der Waals surface area contributed by atoms with Crippen LogP contribution in [0.4, 0.5) is 11.4 Å². The smallest absolute Gasteiger partial charge is 0.265 e. The van der Waals surface area contributed by atoms with Crippen LogP contribution in [0.25, 0.3) is 0 Å². The van der Waals surface area contributed by atoms with Gasteiger partial charge in [0, 0.05) is 37.6 Å². The van der Waals surface area contributed by atoms with Gasteiger partial charge in [0.2, 0.25) is 0 Å². The van der Waals surface area contributed by atoms with Gasteiger partial charge in [0.15, 0.2) is 6.10 Å². The summed E-state index contributed by atoms with van der Waals surface area (Å²) in [7, 11) is 3.77. The Morgan fingerprint density at radius 3 is 2.18 bits per heavy atom. The van der Waals surface area contributed by atoms with Gasteiger partial charge in [-0.25, -0.2) is 0 Å². The average molecular weight is 383 g/mol. The monoisotopic (exact) mass is 383 g/mol. The van der Waals surface area contributed by atoms with Gasteiger partial charge in [0.1, 0.15) is 11.5 Å². The minimum Gasteiger partial charge on any atom is -0.497 e. The molecule has 28 heavy (non-hydrogen) atoms. The van der Waals surface area contributed by atoms with E-state index < -0.39 is 6.10 Å². The third-order valence-electron chi connectivity index (χ3n) is 5.00. The zero-order valence-electron chi connectivity index (χ0n) is 16.9. The molecule has 0 radical (unpaired) electrons. The highest BCUT2D eigenvalue weighted by molar-refractivity contribution is 5.94. The summed E-state index contributed by atoms with van der Waals surface area (Å²) in [6.07, 6.45) is 0.0303. The number of likely N-dealkylation sites (N-methyl/N-ethyl adjacent to an activating group) is 1. The molecule has 6 heteroatoms. The molecule has 1 N–H and O–H groups in total. The Morgan fingerprint density at radius 2 is 1.61 bits per heavy atom. The number of rotatable bonds is 7. The minimum absolute atomic E-state index is 0.148. The molecule has 6 nitrogen and oxygen atoms in total. The van der Waals surface area contributed by atoms with Crippen molar-refractivity contribution in [3.63, 3.8) is 0 Å². The molecule has 2 aromatic rings. The molecule has 1 aliphatic rings. The van der Waals surface area contributed by atoms with Gasteiger partial charge in [-0.05, 0) is 62.0 Å². The normalized spacial score (nSPS) is 15.8. The van der Waals surface area contributed by atoms with Crippen LogP contribution in [0.3, 0.4) is 0 Å². The lowest BCUT2D eigenvalue weighted by Gasteiger charge is -2.34. The number of hydrogen-bond acceptors (Lipinski definition) is 5. The summed E-state index contributed by atoms with van der Waals surface area (Å²) in [4.78, 5) is 17.3.